The summed E-state index contributed by atoms with van der Waals surface area (Å²) in [7, 11) is 0. The number of nitrogens with zero attached hydrogens (tertiary/aromatic N) is 2. The van der Waals surface area contributed by atoms with E-state index < -0.39 is 5.54 Å². The van der Waals surface area contributed by atoms with Crippen LogP contribution < -0.4 is 5.32 Å². The maximum atomic E-state index is 12.1. The average Bonchev–Trinajstić information content (AvgIpc) is 2.52. The predicted octanol–water partition coefficient (Wildman–Crippen LogP) is 3.71. The third-order valence-electron chi connectivity index (χ3n) is 3.67. The van der Waals surface area contributed by atoms with Gasteiger partial charge in [0, 0.05) is 5.75 Å². The number of amides is 1. The molecule has 6 heteroatoms. The van der Waals surface area contributed by atoms with Crippen LogP contribution in [0.25, 0.3) is 0 Å². The molecule has 1 unspecified atom stereocenters. The van der Waals surface area contributed by atoms with Crippen LogP contribution in [0.3, 0.4) is 0 Å². The number of hydrogen-bond donors (Lipinski definition) is 1. The molecule has 0 aliphatic carbocycles. The van der Waals surface area contributed by atoms with Gasteiger partial charge in [0.05, 0.1) is 17.5 Å². The van der Waals surface area contributed by atoms with E-state index in [4.69, 9.17) is 0 Å². The number of nitrogens with one attached hydrogen (secondary N) is 1. The molecule has 0 fully saturated rings. The molecule has 1 N–H and O–H groups in total. The molecule has 1 aromatic carbocycles. The molecule has 0 bridgehead atoms. The van der Waals surface area contributed by atoms with E-state index in [1.807, 2.05) is 32.0 Å². The van der Waals surface area contributed by atoms with Crippen LogP contribution in [0.2, 0.25) is 0 Å². The monoisotopic (exact) mass is 333 g/mol. The molecule has 1 aliphatic heterocycles. The molecule has 4 nitrogen and oxygen atoms in total. The van der Waals surface area contributed by atoms with Crippen molar-refractivity contribution in [1.82, 2.24) is 5.32 Å². The van der Waals surface area contributed by atoms with Gasteiger partial charge >= 0.3 is 0 Å². The van der Waals surface area contributed by atoms with Crippen molar-refractivity contribution in [2.75, 3.05) is 5.75 Å². The van der Waals surface area contributed by atoms with Gasteiger partial charge in [0.15, 0.2) is 0 Å². The Morgan fingerprint density at radius 2 is 2.27 bits per heavy atom. The van der Waals surface area contributed by atoms with Crippen molar-refractivity contribution in [3.8, 4) is 6.07 Å². The first-order valence-electron chi connectivity index (χ1n) is 7.09. The van der Waals surface area contributed by atoms with Gasteiger partial charge in [-0.25, -0.2) is 4.99 Å². The first-order valence-corrected chi connectivity index (χ1v) is 9.06. The molecule has 0 saturated carbocycles. The quantitative estimate of drug-likeness (QED) is 0.912. The van der Waals surface area contributed by atoms with Gasteiger partial charge < -0.3 is 5.32 Å². The molecule has 1 heterocycles. The smallest absolute Gasteiger partial charge is 0.231 e. The summed E-state index contributed by atoms with van der Waals surface area (Å²) in [4.78, 5) is 16.6. The molecular formula is C16H19N3OS2. The van der Waals surface area contributed by atoms with E-state index in [2.05, 4.69) is 22.4 Å². The van der Waals surface area contributed by atoms with Crippen LogP contribution in [-0.2, 0) is 10.5 Å². The van der Waals surface area contributed by atoms with Crippen LogP contribution in [0.4, 0.5) is 5.69 Å². The van der Waals surface area contributed by atoms with Crippen LogP contribution in [0.5, 0.6) is 0 Å². The number of benzene rings is 1. The maximum absolute atomic E-state index is 12.1. The molecule has 0 radical (unpaired) electrons. The topological polar surface area (TPSA) is 65.2 Å². The molecule has 116 valence electrons. The molecule has 22 heavy (non-hydrogen) atoms. The second kappa shape index (κ2) is 7.21. The van der Waals surface area contributed by atoms with Crippen molar-refractivity contribution in [2.45, 2.75) is 32.1 Å². The van der Waals surface area contributed by atoms with Gasteiger partial charge in [-0.1, -0.05) is 55.6 Å². The molecule has 1 amide bonds. The third-order valence-corrected chi connectivity index (χ3v) is 5.91. The van der Waals surface area contributed by atoms with E-state index in [-0.39, 0.29) is 17.6 Å². The number of carbonyl (C=O) groups excluding carboxylic acids is 1. The Kier molecular flexibility index (Phi) is 5.54. The Balaban J connectivity index is 1.93. The highest BCUT2D eigenvalue weighted by molar-refractivity contribution is 8.38. The summed E-state index contributed by atoms with van der Waals surface area (Å²) in [6, 6.07) is 10.2. The number of thioether (sulfide) groups is 2. The minimum atomic E-state index is -0.828. The van der Waals surface area contributed by atoms with Crippen LogP contribution in [-0.4, -0.2) is 21.6 Å². The Morgan fingerprint density at radius 3 is 2.95 bits per heavy atom. The SMILES string of the molecule is CC(C)C(C)(C#N)NC(=O)CSC1=Nc2ccccc2CS1. The van der Waals surface area contributed by atoms with Crippen LogP contribution in [0, 0.1) is 17.2 Å². The fourth-order valence-electron chi connectivity index (χ4n) is 1.84. The predicted molar refractivity (Wildman–Crippen MR) is 94.3 cm³/mol. The number of rotatable bonds is 4. The Labute approximate surface area is 139 Å². The van der Waals surface area contributed by atoms with Gasteiger partial charge in [0.2, 0.25) is 5.91 Å². The molecule has 1 aromatic rings. The lowest BCUT2D eigenvalue weighted by Crippen LogP contribution is -2.49. The van der Waals surface area contributed by atoms with Crippen molar-refractivity contribution in [3.63, 3.8) is 0 Å². The van der Waals surface area contributed by atoms with Gasteiger partial charge in [-0.05, 0) is 24.5 Å². The molecule has 1 aliphatic rings. The number of para-hydroxylation sites is 1. The lowest BCUT2D eigenvalue weighted by atomic mass is 9.90. The largest absolute Gasteiger partial charge is 0.337 e. The number of nitriles is 1. The molecule has 0 spiro atoms. The number of hydrogen-bond acceptors (Lipinski definition) is 5. The zero-order valence-corrected chi connectivity index (χ0v) is 14.6. The van der Waals surface area contributed by atoms with E-state index in [9.17, 15) is 10.1 Å². The summed E-state index contributed by atoms with van der Waals surface area (Å²) in [6.07, 6.45) is 0. The van der Waals surface area contributed by atoms with Crippen molar-refractivity contribution in [2.24, 2.45) is 10.9 Å². The van der Waals surface area contributed by atoms with E-state index in [0.717, 1.165) is 15.8 Å². The van der Waals surface area contributed by atoms with Crippen LogP contribution >= 0.6 is 23.5 Å². The van der Waals surface area contributed by atoms with E-state index >= 15 is 0 Å². The van der Waals surface area contributed by atoms with Crippen molar-refractivity contribution >= 4 is 39.5 Å². The third kappa shape index (κ3) is 4.05. The summed E-state index contributed by atoms with van der Waals surface area (Å²) in [5.41, 5.74) is 1.37. The summed E-state index contributed by atoms with van der Waals surface area (Å²) >= 11 is 3.07. The lowest BCUT2D eigenvalue weighted by Gasteiger charge is -2.27. The summed E-state index contributed by atoms with van der Waals surface area (Å²) in [5, 5.41) is 12.0. The normalized spacial score (nSPS) is 16.2. The van der Waals surface area contributed by atoms with Crippen LogP contribution in [0.15, 0.2) is 29.3 Å². The lowest BCUT2D eigenvalue weighted by molar-refractivity contribution is -0.120. The van der Waals surface area contributed by atoms with Crippen molar-refractivity contribution in [3.05, 3.63) is 29.8 Å². The van der Waals surface area contributed by atoms with Gasteiger partial charge in [0.25, 0.3) is 0 Å². The Morgan fingerprint density at radius 1 is 1.55 bits per heavy atom. The highest BCUT2D eigenvalue weighted by atomic mass is 32.2. The number of aliphatic imine (C=N–C) groups is 1. The second-order valence-corrected chi connectivity index (χ2v) is 7.79. The summed E-state index contributed by atoms with van der Waals surface area (Å²) < 4.78 is 0.900. The first kappa shape index (κ1) is 16.9. The Bertz CT molecular complexity index is 637. The highest BCUT2D eigenvalue weighted by Crippen LogP contribution is 2.34. The van der Waals surface area contributed by atoms with Gasteiger partial charge in [-0.2, -0.15) is 5.26 Å². The first-order chi connectivity index (χ1) is 10.4. The van der Waals surface area contributed by atoms with E-state index in [1.165, 1.54) is 17.3 Å². The molecule has 2 rings (SSSR count). The van der Waals surface area contributed by atoms with Gasteiger partial charge in [-0.3, -0.25) is 4.79 Å². The molecule has 0 aromatic heterocycles. The average molecular weight is 333 g/mol. The Hall–Kier alpha value is -1.45. The summed E-state index contributed by atoms with van der Waals surface area (Å²) in [5.74, 6) is 1.08. The standard InChI is InChI=1S/C16H19N3OS2/c1-11(2)16(3,10-17)19-14(20)9-22-15-18-13-7-5-4-6-12(13)8-21-15/h4-7,11H,8-9H2,1-3H3,(H,19,20). The van der Waals surface area contributed by atoms with Gasteiger partial charge in [-0.15, -0.1) is 0 Å². The summed E-state index contributed by atoms with van der Waals surface area (Å²) in [6.45, 7) is 5.60. The number of carbonyl (C=O) groups is 1. The van der Waals surface area contributed by atoms with Crippen molar-refractivity contribution < 1.29 is 4.79 Å². The zero-order valence-electron chi connectivity index (χ0n) is 12.9. The van der Waals surface area contributed by atoms with E-state index in [0.29, 0.717) is 0 Å². The second-order valence-electron chi connectivity index (χ2n) is 5.60. The molecule has 0 saturated heterocycles. The van der Waals surface area contributed by atoms with Crippen LogP contribution in [0.1, 0.15) is 26.3 Å². The van der Waals surface area contributed by atoms with E-state index in [1.54, 1.807) is 18.7 Å². The minimum absolute atomic E-state index is 0.0553. The van der Waals surface area contributed by atoms with Crippen molar-refractivity contribution in [1.29, 1.82) is 5.26 Å². The molecular weight excluding hydrogens is 314 g/mol. The minimum Gasteiger partial charge on any atom is -0.337 e. The highest BCUT2D eigenvalue weighted by Gasteiger charge is 2.30. The maximum Gasteiger partial charge on any atom is 0.231 e. The number of fused-ring (bicyclic) bond motifs is 1. The van der Waals surface area contributed by atoms with Gasteiger partial charge in [0.1, 0.15) is 9.91 Å². The fourth-order valence-corrected chi connectivity index (χ4v) is 3.70. The molecule has 1 atom stereocenters. The fraction of sp³-hybridized carbons (Fsp3) is 0.438. The zero-order chi connectivity index (χ0) is 16.2.